The Morgan fingerprint density at radius 1 is 0.594 bits per heavy atom. The van der Waals surface area contributed by atoms with Gasteiger partial charge in [-0.15, -0.1) is 0 Å². The molecule has 0 saturated carbocycles. The highest BCUT2D eigenvalue weighted by Gasteiger charge is 2.32. The Hall–Kier alpha value is -2.40. The van der Waals surface area contributed by atoms with E-state index in [0.29, 0.717) is 5.69 Å². The number of fused-ring (bicyclic) bond motifs is 2. The molecule has 0 saturated heterocycles. The first-order chi connectivity index (χ1) is 14.7. The van der Waals surface area contributed by atoms with Crippen LogP contribution in [0, 0.1) is 0 Å². The average Bonchev–Trinajstić information content (AvgIpc) is 2.69. The third-order valence-electron chi connectivity index (χ3n) is 5.81. The Morgan fingerprint density at radius 2 is 1.00 bits per heavy atom. The second-order valence-electron chi connectivity index (χ2n) is 10.3. The van der Waals surface area contributed by atoms with E-state index in [1.807, 2.05) is 0 Å². The summed E-state index contributed by atoms with van der Waals surface area (Å²) in [5.41, 5.74) is 4.51. The van der Waals surface area contributed by atoms with Gasteiger partial charge >= 0.3 is 6.18 Å². The van der Waals surface area contributed by atoms with Crippen LogP contribution >= 0.6 is 11.8 Å². The van der Waals surface area contributed by atoms with Crippen molar-refractivity contribution in [1.29, 1.82) is 0 Å². The van der Waals surface area contributed by atoms with Crippen molar-refractivity contribution >= 4 is 28.8 Å². The number of anilines is 3. The molecule has 0 N–H and O–H groups in total. The van der Waals surface area contributed by atoms with Crippen molar-refractivity contribution in [2.24, 2.45) is 0 Å². The van der Waals surface area contributed by atoms with Crippen molar-refractivity contribution in [1.82, 2.24) is 0 Å². The lowest BCUT2D eigenvalue weighted by Gasteiger charge is -2.35. The Balaban J connectivity index is 1.89. The summed E-state index contributed by atoms with van der Waals surface area (Å²) in [5, 5.41) is 0. The zero-order chi connectivity index (χ0) is 23.5. The monoisotopic (exact) mass is 455 g/mol. The molecule has 0 spiro atoms. The highest BCUT2D eigenvalue weighted by molar-refractivity contribution is 7.99. The van der Waals surface area contributed by atoms with Gasteiger partial charge in [0.2, 0.25) is 0 Å². The molecule has 168 valence electrons. The molecule has 0 radical (unpaired) electrons. The SMILES string of the molecule is CC(C)(C)c1ccc2c(c1)Sc1cc(C(C)(C)C)ccc1N2c1ccc(C(F)(F)F)cc1. The Kier molecular flexibility index (Phi) is 5.40. The van der Waals surface area contributed by atoms with Crippen LogP contribution in [0.1, 0.15) is 58.2 Å². The van der Waals surface area contributed by atoms with Gasteiger partial charge in [0.1, 0.15) is 0 Å². The molecule has 0 fully saturated rings. The van der Waals surface area contributed by atoms with Gasteiger partial charge in [-0.3, -0.25) is 0 Å². The fourth-order valence-corrected chi connectivity index (χ4v) is 4.96. The summed E-state index contributed by atoms with van der Waals surface area (Å²) in [5.74, 6) is 0. The smallest absolute Gasteiger partial charge is 0.308 e. The molecule has 0 unspecified atom stereocenters. The molecule has 32 heavy (non-hydrogen) atoms. The van der Waals surface area contributed by atoms with Crippen molar-refractivity contribution in [2.75, 3.05) is 4.90 Å². The highest BCUT2D eigenvalue weighted by Crippen LogP contribution is 2.53. The van der Waals surface area contributed by atoms with Crippen LogP contribution in [0.4, 0.5) is 30.2 Å². The molecule has 5 heteroatoms. The Labute approximate surface area is 192 Å². The molecule has 0 bridgehead atoms. The molecule has 3 aromatic carbocycles. The lowest BCUT2D eigenvalue weighted by Crippen LogP contribution is -2.18. The average molecular weight is 456 g/mol. The van der Waals surface area contributed by atoms with Gasteiger partial charge in [-0.1, -0.05) is 65.4 Å². The maximum absolute atomic E-state index is 13.1. The third-order valence-corrected chi connectivity index (χ3v) is 6.90. The highest BCUT2D eigenvalue weighted by atomic mass is 32.2. The quantitative estimate of drug-likeness (QED) is 0.281. The minimum atomic E-state index is -4.35. The van der Waals surface area contributed by atoms with Crippen LogP contribution in [-0.4, -0.2) is 0 Å². The van der Waals surface area contributed by atoms with Crippen LogP contribution in [0.3, 0.4) is 0 Å². The standard InChI is InChI=1S/C27H28F3NS/c1-25(2,3)18-9-13-21-23(15-18)32-24-16-19(26(4,5)6)10-14-22(24)31(21)20-11-7-17(8-12-20)27(28,29)30/h7-16H,1-6H3. The summed E-state index contributed by atoms with van der Waals surface area (Å²) in [4.78, 5) is 4.28. The van der Waals surface area contributed by atoms with Crippen molar-refractivity contribution in [3.63, 3.8) is 0 Å². The van der Waals surface area contributed by atoms with Crippen molar-refractivity contribution in [3.8, 4) is 0 Å². The minimum Gasteiger partial charge on any atom is -0.308 e. The number of nitrogens with zero attached hydrogens (tertiary/aromatic N) is 1. The molecule has 1 aliphatic rings. The van der Waals surface area contributed by atoms with E-state index >= 15 is 0 Å². The van der Waals surface area contributed by atoms with Crippen molar-refractivity contribution in [2.45, 2.75) is 68.3 Å². The van der Waals surface area contributed by atoms with Crippen LogP contribution in [0.25, 0.3) is 0 Å². The zero-order valence-corrected chi connectivity index (χ0v) is 20.1. The van der Waals surface area contributed by atoms with E-state index < -0.39 is 11.7 Å². The van der Waals surface area contributed by atoms with Gasteiger partial charge in [-0.2, -0.15) is 13.2 Å². The van der Waals surface area contributed by atoms with Gasteiger partial charge in [0, 0.05) is 15.5 Å². The summed E-state index contributed by atoms with van der Waals surface area (Å²) in [6, 6.07) is 18.3. The van der Waals surface area contributed by atoms with Crippen LogP contribution in [-0.2, 0) is 17.0 Å². The number of rotatable bonds is 1. The second-order valence-corrected chi connectivity index (χ2v) is 11.4. The molecular formula is C27H28F3NS. The van der Waals surface area contributed by atoms with Crippen LogP contribution in [0.2, 0.25) is 0 Å². The summed E-state index contributed by atoms with van der Waals surface area (Å²) in [6.45, 7) is 13.1. The number of hydrogen-bond donors (Lipinski definition) is 0. The van der Waals surface area contributed by atoms with Crippen LogP contribution in [0.15, 0.2) is 70.5 Å². The van der Waals surface area contributed by atoms with E-state index in [1.165, 1.54) is 11.1 Å². The molecule has 1 nitrogen and oxygen atoms in total. The first-order valence-electron chi connectivity index (χ1n) is 10.7. The van der Waals surface area contributed by atoms with E-state index in [4.69, 9.17) is 0 Å². The van der Waals surface area contributed by atoms with Gasteiger partial charge in [0.25, 0.3) is 0 Å². The first-order valence-corrected chi connectivity index (χ1v) is 11.5. The topological polar surface area (TPSA) is 3.24 Å². The summed E-state index contributed by atoms with van der Waals surface area (Å²) in [6.07, 6.45) is -4.35. The first kappa shape index (κ1) is 22.8. The largest absolute Gasteiger partial charge is 0.416 e. The van der Waals surface area contributed by atoms with Crippen molar-refractivity contribution < 1.29 is 13.2 Å². The van der Waals surface area contributed by atoms with E-state index in [9.17, 15) is 13.2 Å². The van der Waals surface area contributed by atoms with E-state index in [-0.39, 0.29) is 10.8 Å². The number of hydrogen-bond acceptors (Lipinski definition) is 2. The molecule has 1 aliphatic heterocycles. The predicted molar refractivity (Wildman–Crippen MR) is 128 cm³/mol. The summed E-state index contributed by atoms with van der Waals surface area (Å²) >= 11 is 1.73. The number of halogens is 3. The molecule has 3 aromatic rings. The zero-order valence-electron chi connectivity index (χ0n) is 19.3. The third kappa shape index (κ3) is 4.27. The van der Waals surface area contributed by atoms with Gasteiger partial charge in [0.05, 0.1) is 16.9 Å². The van der Waals surface area contributed by atoms with Crippen molar-refractivity contribution in [3.05, 3.63) is 77.4 Å². The molecule has 4 rings (SSSR count). The van der Waals surface area contributed by atoms with Gasteiger partial charge in [-0.05, 0) is 70.5 Å². The number of benzene rings is 3. The van der Waals surface area contributed by atoms with Gasteiger partial charge < -0.3 is 4.90 Å². The van der Waals surface area contributed by atoms with Crippen LogP contribution in [0.5, 0.6) is 0 Å². The van der Waals surface area contributed by atoms with Gasteiger partial charge in [0.15, 0.2) is 0 Å². The lowest BCUT2D eigenvalue weighted by molar-refractivity contribution is -0.137. The second kappa shape index (κ2) is 7.58. The molecular weight excluding hydrogens is 427 g/mol. The fourth-order valence-electron chi connectivity index (χ4n) is 3.82. The predicted octanol–water partition coefficient (Wildman–Crippen LogP) is 9.23. The van der Waals surface area contributed by atoms with E-state index in [0.717, 1.165) is 33.3 Å². The molecule has 0 atom stereocenters. The maximum Gasteiger partial charge on any atom is 0.416 e. The summed E-state index contributed by atoms with van der Waals surface area (Å²) in [7, 11) is 0. The Morgan fingerprint density at radius 3 is 1.38 bits per heavy atom. The normalized spacial score (nSPS) is 14.2. The molecule has 0 aliphatic carbocycles. The maximum atomic E-state index is 13.1. The molecule has 1 heterocycles. The lowest BCUT2D eigenvalue weighted by atomic mass is 9.86. The minimum absolute atomic E-state index is 0.00229. The summed E-state index contributed by atoms with van der Waals surface area (Å²) < 4.78 is 39.4. The van der Waals surface area contributed by atoms with E-state index in [2.05, 4.69) is 82.8 Å². The van der Waals surface area contributed by atoms with Crippen LogP contribution < -0.4 is 4.90 Å². The molecule has 0 aromatic heterocycles. The van der Waals surface area contributed by atoms with Gasteiger partial charge in [-0.25, -0.2) is 0 Å². The Bertz CT molecular complexity index is 1090. The fraction of sp³-hybridized carbons (Fsp3) is 0.333. The number of alkyl halides is 3. The van der Waals surface area contributed by atoms with E-state index in [1.54, 1.807) is 23.9 Å². The molecule has 0 amide bonds.